The van der Waals surface area contributed by atoms with Gasteiger partial charge in [0.2, 0.25) is 0 Å². The number of benzene rings is 2. The van der Waals surface area contributed by atoms with Gasteiger partial charge in [-0.3, -0.25) is 0 Å². The number of urea groups is 1. The Bertz CT molecular complexity index is 579. The average Bonchev–Trinajstić information content (AvgIpc) is 2.51. The third-order valence-corrected chi connectivity index (χ3v) is 3.21. The smallest absolute Gasteiger partial charge is 0.319 e. The topological polar surface area (TPSA) is 50.4 Å². The molecule has 2 aromatic rings. The van der Waals surface area contributed by atoms with E-state index in [0.717, 1.165) is 35.9 Å². The fourth-order valence-electron chi connectivity index (χ4n) is 2.09. The molecule has 2 amide bonds. The molecule has 0 bridgehead atoms. The van der Waals surface area contributed by atoms with Crippen molar-refractivity contribution in [3.05, 3.63) is 42.5 Å². The van der Waals surface area contributed by atoms with Crippen molar-refractivity contribution in [3.63, 3.8) is 0 Å². The van der Waals surface area contributed by atoms with Gasteiger partial charge in [0.1, 0.15) is 0 Å². The predicted octanol–water partition coefficient (Wildman–Crippen LogP) is 3.78. The largest absolute Gasteiger partial charge is 0.380 e. The van der Waals surface area contributed by atoms with Crippen molar-refractivity contribution in [2.45, 2.75) is 19.8 Å². The summed E-state index contributed by atoms with van der Waals surface area (Å²) < 4.78 is 5.40. The molecule has 4 nitrogen and oxygen atoms in total. The number of hydrogen-bond donors (Lipinski definition) is 2. The standard InChI is InChI=1S/C17H22N2O2/c1-2-3-12-21-13-11-18-17(20)19-16-10-6-8-14-7-4-5-9-15(14)16/h4-10H,2-3,11-13H2,1H3,(H2,18,19,20). The fraction of sp³-hybridized carbons (Fsp3) is 0.353. The van der Waals surface area contributed by atoms with Gasteiger partial charge in [-0.05, 0) is 17.9 Å². The molecular weight excluding hydrogens is 264 g/mol. The second-order valence-electron chi connectivity index (χ2n) is 4.87. The first-order valence-corrected chi connectivity index (χ1v) is 7.41. The summed E-state index contributed by atoms with van der Waals surface area (Å²) in [7, 11) is 0. The Morgan fingerprint density at radius 1 is 1.10 bits per heavy atom. The van der Waals surface area contributed by atoms with Gasteiger partial charge in [-0.2, -0.15) is 0 Å². The van der Waals surface area contributed by atoms with Crippen LogP contribution in [0.2, 0.25) is 0 Å². The van der Waals surface area contributed by atoms with E-state index in [2.05, 4.69) is 17.6 Å². The molecule has 0 spiro atoms. The number of rotatable bonds is 7. The average molecular weight is 286 g/mol. The van der Waals surface area contributed by atoms with Gasteiger partial charge in [-0.15, -0.1) is 0 Å². The van der Waals surface area contributed by atoms with E-state index in [1.807, 2.05) is 42.5 Å². The molecule has 0 atom stereocenters. The third-order valence-electron chi connectivity index (χ3n) is 3.21. The molecule has 0 radical (unpaired) electrons. The number of hydrogen-bond acceptors (Lipinski definition) is 2. The first kappa shape index (κ1) is 15.3. The summed E-state index contributed by atoms with van der Waals surface area (Å²) >= 11 is 0. The van der Waals surface area contributed by atoms with Crippen molar-refractivity contribution in [1.29, 1.82) is 0 Å². The van der Waals surface area contributed by atoms with Crippen LogP contribution >= 0.6 is 0 Å². The highest BCUT2D eigenvalue weighted by atomic mass is 16.5. The van der Waals surface area contributed by atoms with Gasteiger partial charge in [0.15, 0.2) is 0 Å². The summed E-state index contributed by atoms with van der Waals surface area (Å²) in [5.74, 6) is 0. The predicted molar refractivity (Wildman–Crippen MR) is 86.7 cm³/mol. The quantitative estimate of drug-likeness (QED) is 0.761. The number of fused-ring (bicyclic) bond motifs is 1. The van der Waals surface area contributed by atoms with E-state index in [-0.39, 0.29) is 6.03 Å². The van der Waals surface area contributed by atoms with Crippen LogP contribution in [0.3, 0.4) is 0 Å². The second-order valence-corrected chi connectivity index (χ2v) is 4.87. The van der Waals surface area contributed by atoms with Gasteiger partial charge < -0.3 is 15.4 Å². The Labute approximate surface area is 125 Å². The van der Waals surface area contributed by atoms with E-state index in [1.54, 1.807) is 0 Å². The lowest BCUT2D eigenvalue weighted by molar-refractivity contribution is 0.134. The summed E-state index contributed by atoms with van der Waals surface area (Å²) in [6.07, 6.45) is 2.18. The zero-order valence-electron chi connectivity index (χ0n) is 12.4. The van der Waals surface area contributed by atoms with Crippen LogP contribution in [-0.2, 0) is 4.74 Å². The maximum absolute atomic E-state index is 11.9. The first-order valence-electron chi connectivity index (χ1n) is 7.41. The lowest BCUT2D eigenvalue weighted by Crippen LogP contribution is -2.31. The zero-order valence-corrected chi connectivity index (χ0v) is 12.4. The molecule has 0 saturated carbocycles. The first-order chi connectivity index (χ1) is 10.3. The molecule has 2 rings (SSSR count). The van der Waals surface area contributed by atoms with E-state index in [4.69, 9.17) is 4.74 Å². The van der Waals surface area contributed by atoms with Gasteiger partial charge in [-0.25, -0.2) is 4.79 Å². The molecule has 0 saturated heterocycles. The highest BCUT2D eigenvalue weighted by Crippen LogP contribution is 2.22. The molecule has 0 aliphatic heterocycles. The van der Waals surface area contributed by atoms with Gasteiger partial charge in [0.05, 0.1) is 12.3 Å². The van der Waals surface area contributed by atoms with Gasteiger partial charge >= 0.3 is 6.03 Å². The number of amides is 2. The number of nitrogens with one attached hydrogen (secondary N) is 2. The third kappa shape index (κ3) is 4.76. The Balaban J connectivity index is 1.82. The summed E-state index contributed by atoms with van der Waals surface area (Å²) in [6, 6.07) is 13.6. The van der Waals surface area contributed by atoms with Crippen molar-refractivity contribution in [2.75, 3.05) is 25.1 Å². The van der Waals surface area contributed by atoms with E-state index in [1.165, 1.54) is 0 Å². The van der Waals surface area contributed by atoms with Crippen LogP contribution in [0.15, 0.2) is 42.5 Å². The maximum Gasteiger partial charge on any atom is 0.319 e. The summed E-state index contributed by atoms with van der Waals surface area (Å²) in [6.45, 7) is 3.94. The van der Waals surface area contributed by atoms with Crippen molar-refractivity contribution in [1.82, 2.24) is 5.32 Å². The molecule has 2 aromatic carbocycles. The normalized spacial score (nSPS) is 10.5. The molecule has 2 N–H and O–H groups in total. The molecule has 21 heavy (non-hydrogen) atoms. The lowest BCUT2D eigenvalue weighted by Gasteiger charge is -2.10. The van der Waals surface area contributed by atoms with Crippen molar-refractivity contribution >= 4 is 22.5 Å². The summed E-state index contributed by atoms with van der Waals surface area (Å²) in [4.78, 5) is 11.9. The van der Waals surface area contributed by atoms with E-state index >= 15 is 0 Å². The zero-order chi connectivity index (χ0) is 14.9. The van der Waals surface area contributed by atoms with Crippen molar-refractivity contribution in [3.8, 4) is 0 Å². The second kappa shape index (κ2) is 8.27. The monoisotopic (exact) mass is 286 g/mol. The van der Waals surface area contributed by atoms with Gasteiger partial charge in [0.25, 0.3) is 0 Å². The molecule has 0 aliphatic carbocycles. The van der Waals surface area contributed by atoms with E-state index in [9.17, 15) is 4.79 Å². The molecule has 112 valence electrons. The Morgan fingerprint density at radius 3 is 2.76 bits per heavy atom. The maximum atomic E-state index is 11.9. The highest BCUT2D eigenvalue weighted by Gasteiger charge is 2.04. The fourth-order valence-corrected chi connectivity index (χ4v) is 2.09. The number of anilines is 1. The Morgan fingerprint density at radius 2 is 1.90 bits per heavy atom. The lowest BCUT2D eigenvalue weighted by atomic mass is 10.1. The Hall–Kier alpha value is -2.07. The summed E-state index contributed by atoms with van der Waals surface area (Å²) in [5.41, 5.74) is 0.817. The van der Waals surface area contributed by atoms with Crippen LogP contribution in [0.5, 0.6) is 0 Å². The SMILES string of the molecule is CCCCOCCNC(=O)Nc1cccc2ccccc12. The molecule has 0 fully saturated rings. The molecule has 0 aromatic heterocycles. The van der Waals surface area contributed by atoms with Gasteiger partial charge in [-0.1, -0.05) is 49.7 Å². The molecule has 4 heteroatoms. The van der Waals surface area contributed by atoms with Crippen LogP contribution in [0.4, 0.5) is 10.5 Å². The van der Waals surface area contributed by atoms with E-state index in [0.29, 0.717) is 13.2 Å². The van der Waals surface area contributed by atoms with Crippen molar-refractivity contribution < 1.29 is 9.53 Å². The minimum Gasteiger partial charge on any atom is -0.380 e. The number of carbonyl (C=O) groups excluding carboxylic acids is 1. The molecular formula is C17H22N2O2. The minimum absolute atomic E-state index is 0.203. The van der Waals surface area contributed by atoms with Crippen LogP contribution in [0.25, 0.3) is 10.8 Å². The minimum atomic E-state index is -0.203. The number of unbranched alkanes of at least 4 members (excludes halogenated alkanes) is 1. The Kier molecular flexibility index (Phi) is 6.03. The van der Waals surface area contributed by atoms with Crippen molar-refractivity contribution in [2.24, 2.45) is 0 Å². The van der Waals surface area contributed by atoms with Gasteiger partial charge in [0, 0.05) is 18.5 Å². The summed E-state index contributed by atoms with van der Waals surface area (Å²) in [5, 5.41) is 7.82. The molecule has 0 aliphatic rings. The van der Waals surface area contributed by atoms with E-state index < -0.39 is 0 Å². The van der Waals surface area contributed by atoms with Crippen LogP contribution in [0.1, 0.15) is 19.8 Å². The van der Waals surface area contributed by atoms with Crippen LogP contribution < -0.4 is 10.6 Å². The van der Waals surface area contributed by atoms with Crippen LogP contribution in [0, 0.1) is 0 Å². The number of carbonyl (C=O) groups is 1. The number of ether oxygens (including phenoxy) is 1. The highest BCUT2D eigenvalue weighted by molar-refractivity contribution is 6.01. The molecule has 0 unspecified atom stereocenters. The molecule has 0 heterocycles. The van der Waals surface area contributed by atoms with Crippen LogP contribution in [-0.4, -0.2) is 25.8 Å².